The molecule has 118 valence electrons. The summed E-state index contributed by atoms with van der Waals surface area (Å²) in [6.45, 7) is 11.1. The lowest BCUT2D eigenvalue weighted by Gasteiger charge is -2.43. The van der Waals surface area contributed by atoms with Crippen LogP contribution in [0.3, 0.4) is 0 Å². The molecule has 0 radical (unpaired) electrons. The van der Waals surface area contributed by atoms with Crippen LogP contribution in [0.1, 0.15) is 59.3 Å². The third kappa shape index (κ3) is 4.44. The van der Waals surface area contributed by atoms with Crippen molar-refractivity contribution in [3.8, 4) is 0 Å². The van der Waals surface area contributed by atoms with Gasteiger partial charge in [0.05, 0.1) is 6.61 Å². The van der Waals surface area contributed by atoms with Crippen LogP contribution in [-0.4, -0.2) is 49.3 Å². The highest BCUT2D eigenvalue weighted by atomic mass is 16.5. The lowest BCUT2D eigenvalue weighted by Crippen LogP contribution is -2.58. The van der Waals surface area contributed by atoms with E-state index >= 15 is 0 Å². The Kier molecular flexibility index (Phi) is 6.79. The predicted octanol–water partition coefficient (Wildman–Crippen LogP) is 3.04. The van der Waals surface area contributed by atoms with Gasteiger partial charge in [-0.1, -0.05) is 33.6 Å². The van der Waals surface area contributed by atoms with Gasteiger partial charge in [-0.05, 0) is 44.7 Å². The second-order valence-corrected chi connectivity index (χ2v) is 6.95. The van der Waals surface area contributed by atoms with Gasteiger partial charge in [-0.15, -0.1) is 0 Å². The van der Waals surface area contributed by atoms with Crippen LogP contribution in [-0.2, 0) is 4.74 Å². The summed E-state index contributed by atoms with van der Waals surface area (Å²) in [5.41, 5.74) is 0. The summed E-state index contributed by atoms with van der Waals surface area (Å²) in [5, 5.41) is 3.70. The van der Waals surface area contributed by atoms with E-state index in [4.69, 9.17) is 4.74 Å². The maximum Gasteiger partial charge on any atom is 0.0637 e. The Morgan fingerprint density at radius 3 is 2.60 bits per heavy atom. The fraction of sp³-hybridized carbons (Fsp3) is 1.00. The van der Waals surface area contributed by atoms with Crippen molar-refractivity contribution in [2.75, 3.05) is 26.3 Å². The lowest BCUT2D eigenvalue weighted by atomic mass is 9.98. The Balaban J connectivity index is 2.01. The van der Waals surface area contributed by atoms with E-state index in [9.17, 15) is 0 Å². The van der Waals surface area contributed by atoms with Crippen molar-refractivity contribution >= 4 is 0 Å². The standard InChI is InChI=1S/C17H34N2O/c1-4-18-16-10-12-20-13-17(16)19(11-9-14(2)3)15-7-5-6-8-15/h14-18H,4-13H2,1-3H3. The van der Waals surface area contributed by atoms with E-state index < -0.39 is 0 Å². The maximum absolute atomic E-state index is 5.82. The van der Waals surface area contributed by atoms with E-state index in [1.807, 2.05) is 0 Å². The van der Waals surface area contributed by atoms with Gasteiger partial charge < -0.3 is 10.1 Å². The first-order valence-electron chi connectivity index (χ1n) is 8.79. The monoisotopic (exact) mass is 282 g/mol. The highest BCUT2D eigenvalue weighted by Crippen LogP contribution is 2.28. The first-order chi connectivity index (χ1) is 9.72. The van der Waals surface area contributed by atoms with Gasteiger partial charge in [0, 0.05) is 24.7 Å². The molecule has 0 spiro atoms. The summed E-state index contributed by atoms with van der Waals surface area (Å²) in [6.07, 6.45) is 8.11. The quantitative estimate of drug-likeness (QED) is 0.777. The molecular formula is C17H34N2O. The number of ether oxygens (including phenoxy) is 1. The van der Waals surface area contributed by atoms with Crippen LogP contribution in [0, 0.1) is 5.92 Å². The van der Waals surface area contributed by atoms with Gasteiger partial charge in [0.1, 0.15) is 0 Å². The molecule has 0 aromatic heterocycles. The van der Waals surface area contributed by atoms with E-state index in [1.165, 1.54) is 45.1 Å². The molecule has 0 aromatic carbocycles. The van der Waals surface area contributed by atoms with Crippen molar-refractivity contribution in [2.24, 2.45) is 5.92 Å². The number of rotatable bonds is 7. The van der Waals surface area contributed by atoms with Crippen LogP contribution in [0.4, 0.5) is 0 Å². The van der Waals surface area contributed by atoms with Crippen LogP contribution in [0.2, 0.25) is 0 Å². The maximum atomic E-state index is 5.82. The molecule has 1 aliphatic carbocycles. The molecule has 1 saturated heterocycles. The minimum absolute atomic E-state index is 0.588. The molecule has 0 bridgehead atoms. The van der Waals surface area contributed by atoms with Crippen molar-refractivity contribution < 1.29 is 4.74 Å². The van der Waals surface area contributed by atoms with Crippen molar-refractivity contribution in [1.29, 1.82) is 0 Å². The fourth-order valence-electron chi connectivity index (χ4n) is 3.81. The Hall–Kier alpha value is -0.120. The molecule has 1 heterocycles. The number of nitrogens with zero attached hydrogens (tertiary/aromatic N) is 1. The van der Waals surface area contributed by atoms with Gasteiger partial charge in [-0.25, -0.2) is 0 Å². The first kappa shape index (κ1) is 16.3. The number of hydrogen-bond acceptors (Lipinski definition) is 3. The van der Waals surface area contributed by atoms with Gasteiger partial charge in [0.2, 0.25) is 0 Å². The minimum atomic E-state index is 0.588. The van der Waals surface area contributed by atoms with Crippen LogP contribution in [0.15, 0.2) is 0 Å². The van der Waals surface area contributed by atoms with Crippen LogP contribution in [0.25, 0.3) is 0 Å². The zero-order chi connectivity index (χ0) is 14.4. The summed E-state index contributed by atoms with van der Waals surface area (Å²) in [4.78, 5) is 2.81. The smallest absolute Gasteiger partial charge is 0.0637 e. The molecule has 1 saturated carbocycles. The van der Waals surface area contributed by atoms with Crippen LogP contribution >= 0.6 is 0 Å². The summed E-state index contributed by atoms with van der Waals surface area (Å²) in [7, 11) is 0. The van der Waals surface area contributed by atoms with Crippen molar-refractivity contribution in [3.63, 3.8) is 0 Å². The van der Waals surface area contributed by atoms with Crippen LogP contribution in [0.5, 0.6) is 0 Å². The summed E-state index contributed by atoms with van der Waals surface area (Å²) >= 11 is 0. The molecule has 0 aromatic rings. The zero-order valence-electron chi connectivity index (χ0n) is 13.7. The highest BCUT2D eigenvalue weighted by molar-refractivity contribution is 4.91. The fourth-order valence-corrected chi connectivity index (χ4v) is 3.81. The van der Waals surface area contributed by atoms with Crippen molar-refractivity contribution in [2.45, 2.75) is 77.4 Å². The van der Waals surface area contributed by atoms with Gasteiger partial charge in [-0.3, -0.25) is 4.90 Å². The van der Waals surface area contributed by atoms with E-state index in [2.05, 4.69) is 31.0 Å². The second-order valence-electron chi connectivity index (χ2n) is 6.95. The summed E-state index contributed by atoms with van der Waals surface area (Å²) < 4.78 is 5.82. The van der Waals surface area contributed by atoms with Gasteiger partial charge in [0.15, 0.2) is 0 Å². The molecule has 1 aliphatic heterocycles. The van der Waals surface area contributed by atoms with E-state index in [0.29, 0.717) is 12.1 Å². The molecule has 2 rings (SSSR count). The Bertz CT molecular complexity index is 262. The summed E-state index contributed by atoms with van der Waals surface area (Å²) in [6, 6.07) is 2.02. The summed E-state index contributed by atoms with van der Waals surface area (Å²) in [5.74, 6) is 0.793. The third-order valence-corrected chi connectivity index (χ3v) is 4.98. The van der Waals surface area contributed by atoms with Gasteiger partial charge >= 0.3 is 0 Å². The largest absolute Gasteiger partial charge is 0.380 e. The molecule has 3 nitrogen and oxygen atoms in total. The topological polar surface area (TPSA) is 24.5 Å². The molecule has 1 N–H and O–H groups in total. The third-order valence-electron chi connectivity index (χ3n) is 4.98. The average Bonchev–Trinajstić information content (AvgIpc) is 2.95. The molecule has 2 atom stereocenters. The van der Waals surface area contributed by atoms with E-state index in [-0.39, 0.29) is 0 Å². The lowest BCUT2D eigenvalue weighted by molar-refractivity contribution is -0.0202. The number of nitrogens with one attached hydrogen (secondary N) is 1. The van der Waals surface area contributed by atoms with Gasteiger partial charge in [-0.2, -0.15) is 0 Å². The molecule has 3 heteroatoms. The molecular weight excluding hydrogens is 248 g/mol. The Labute approximate surface area is 125 Å². The zero-order valence-corrected chi connectivity index (χ0v) is 13.7. The second kappa shape index (κ2) is 8.35. The molecule has 20 heavy (non-hydrogen) atoms. The average molecular weight is 282 g/mol. The van der Waals surface area contributed by atoms with Gasteiger partial charge in [0.25, 0.3) is 0 Å². The number of hydrogen-bond donors (Lipinski definition) is 1. The Morgan fingerprint density at radius 1 is 1.20 bits per heavy atom. The van der Waals surface area contributed by atoms with E-state index in [0.717, 1.165) is 31.7 Å². The molecule has 2 fully saturated rings. The number of likely N-dealkylation sites (N-methyl/N-ethyl adjacent to an activating group) is 1. The minimum Gasteiger partial charge on any atom is -0.380 e. The first-order valence-corrected chi connectivity index (χ1v) is 8.79. The highest BCUT2D eigenvalue weighted by Gasteiger charge is 2.35. The molecule has 2 aliphatic rings. The molecule has 2 unspecified atom stereocenters. The van der Waals surface area contributed by atoms with Crippen LogP contribution < -0.4 is 5.32 Å². The predicted molar refractivity (Wildman–Crippen MR) is 85.1 cm³/mol. The van der Waals surface area contributed by atoms with E-state index in [1.54, 1.807) is 0 Å². The normalized spacial score (nSPS) is 28.6. The molecule has 0 amide bonds. The van der Waals surface area contributed by atoms with Crippen molar-refractivity contribution in [3.05, 3.63) is 0 Å². The Morgan fingerprint density at radius 2 is 1.95 bits per heavy atom. The van der Waals surface area contributed by atoms with Crippen molar-refractivity contribution in [1.82, 2.24) is 10.2 Å². The SMILES string of the molecule is CCNC1CCOCC1N(CCC(C)C)C1CCCC1.